The van der Waals surface area contributed by atoms with Crippen molar-refractivity contribution in [1.82, 2.24) is 10.2 Å². The van der Waals surface area contributed by atoms with Gasteiger partial charge in [0.25, 0.3) is 0 Å². The molecule has 2 heterocycles. The summed E-state index contributed by atoms with van der Waals surface area (Å²) in [7, 11) is 0. The normalized spacial score (nSPS) is 21.1. The third-order valence-electron chi connectivity index (χ3n) is 2.08. The van der Waals surface area contributed by atoms with E-state index in [-0.39, 0.29) is 5.91 Å². The number of amides is 1. The molecule has 1 aromatic rings. The Labute approximate surface area is 92.3 Å². The van der Waals surface area contributed by atoms with Crippen LogP contribution in [-0.2, 0) is 11.3 Å². The van der Waals surface area contributed by atoms with Crippen LogP contribution in [0.25, 0.3) is 0 Å². The van der Waals surface area contributed by atoms with Gasteiger partial charge in [-0.25, -0.2) is 0 Å². The van der Waals surface area contributed by atoms with Gasteiger partial charge in [-0.15, -0.1) is 12.6 Å². The SMILES string of the molecule is NC1=CC(=O)NC(S)N1Cc1ccco1. The number of carbonyl (C=O) groups is 1. The van der Waals surface area contributed by atoms with Crippen molar-refractivity contribution >= 4 is 18.5 Å². The zero-order valence-electron chi connectivity index (χ0n) is 7.88. The first-order chi connectivity index (χ1) is 7.16. The minimum atomic E-state index is -0.424. The number of nitrogens with one attached hydrogen (secondary N) is 1. The van der Waals surface area contributed by atoms with E-state index in [1.807, 2.05) is 6.07 Å². The highest BCUT2D eigenvalue weighted by atomic mass is 32.1. The van der Waals surface area contributed by atoms with Gasteiger partial charge in [0.1, 0.15) is 17.1 Å². The maximum Gasteiger partial charge on any atom is 0.249 e. The third-order valence-corrected chi connectivity index (χ3v) is 2.49. The van der Waals surface area contributed by atoms with Crippen LogP contribution in [0.5, 0.6) is 0 Å². The Kier molecular flexibility index (Phi) is 2.59. The molecule has 1 atom stereocenters. The highest BCUT2D eigenvalue weighted by molar-refractivity contribution is 7.80. The number of nitrogens with two attached hydrogens (primary N) is 1. The number of carbonyl (C=O) groups excluding carboxylic acids is 1. The minimum Gasteiger partial charge on any atom is -0.467 e. The van der Waals surface area contributed by atoms with E-state index >= 15 is 0 Å². The maximum absolute atomic E-state index is 11.1. The van der Waals surface area contributed by atoms with Gasteiger partial charge in [0.15, 0.2) is 0 Å². The molecule has 1 aliphatic heterocycles. The van der Waals surface area contributed by atoms with Crippen LogP contribution in [0.4, 0.5) is 0 Å². The highest BCUT2D eigenvalue weighted by Crippen LogP contribution is 2.16. The van der Waals surface area contributed by atoms with Gasteiger partial charge in [0, 0.05) is 6.08 Å². The molecule has 0 fully saturated rings. The Morgan fingerprint density at radius 3 is 3.07 bits per heavy atom. The molecule has 1 aliphatic rings. The van der Waals surface area contributed by atoms with Crippen LogP contribution in [0.2, 0.25) is 0 Å². The number of nitrogens with zero attached hydrogens (tertiary/aromatic N) is 1. The second-order valence-corrected chi connectivity index (χ2v) is 3.65. The van der Waals surface area contributed by atoms with Crippen LogP contribution in [0, 0.1) is 0 Å². The van der Waals surface area contributed by atoms with Crippen molar-refractivity contribution in [3.8, 4) is 0 Å². The van der Waals surface area contributed by atoms with Crippen LogP contribution in [0.3, 0.4) is 0 Å². The fourth-order valence-electron chi connectivity index (χ4n) is 1.35. The first-order valence-corrected chi connectivity index (χ1v) is 4.93. The van der Waals surface area contributed by atoms with Crippen molar-refractivity contribution in [2.45, 2.75) is 12.0 Å². The Morgan fingerprint density at radius 2 is 2.47 bits per heavy atom. The minimum absolute atomic E-state index is 0.233. The molecule has 1 aromatic heterocycles. The van der Waals surface area contributed by atoms with Crippen LogP contribution in [0.1, 0.15) is 5.76 Å². The summed E-state index contributed by atoms with van der Waals surface area (Å²) in [5.74, 6) is 0.917. The molecule has 0 aliphatic carbocycles. The largest absolute Gasteiger partial charge is 0.467 e. The highest BCUT2D eigenvalue weighted by Gasteiger charge is 2.23. The van der Waals surface area contributed by atoms with Crippen LogP contribution in [0.15, 0.2) is 34.7 Å². The van der Waals surface area contributed by atoms with Crippen molar-refractivity contribution in [2.75, 3.05) is 0 Å². The number of furan rings is 1. The van der Waals surface area contributed by atoms with Crippen molar-refractivity contribution in [1.29, 1.82) is 0 Å². The quantitative estimate of drug-likeness (QED) is 0.630. The van der Waals surface area contributed by atoms with Crippen molar-refractivity contribution < 1.29 is 9.21 Å². The summed E-state index contributed by atoms with van der Waals surface area (Å²) in [6.07, 6.45) is 2.92. The predicted molar refractivity (Wildman–Crippen MR) is 57.4 cm³/mol. The third kappa shape index (κ3) is 2.10. The van der Waals surface area contributed by atoms with Gasteiger partial charge in [-0.2, -0.15) is 0 Å². The van der Waals surface area contributed by atoms with E-state index in [4.69, 9.17) is 10.2 Å². The fourth-order valence-corrected chi connectivity index (χ4v) is 1.70. The lowest BCUT2D eigenvalue weighted by Crippen LogP contribution is -2.49. The van der Waals surface area contributed by atoms with Crippen molar-refractivity contribution in [3.05, 3.63) is 36.1 Å². The van der Waals surface area contributed by atoms with Gasteiger partial charge < -0.3 is 20.4 Å². The molecule has 6 heteroatoms. The van der Waals surface area contributed by atoms with Crippen LogP contribution in [-0.4, -0.2) is 16.3 Å². The summed E-state index contributed by atoms with van der Waals surface area (Å²) in [5.41, 5.74) is 5.29. The Morgan fingerprint density at radius 1 is 1.67 bits per heavy atom. The van der Waals surface area contributed by atoms with E-state index in [1.165, 1.54) is 6.08 Å². The van der Waals surface area contributed by atoms with E-state index < -0.39 is 5.50 Å². The zero-order chi connectivity index (χ0) is 10.8. The maximum atomic E-state index is 11.1. The first-order valence-electron chi connectivity index (χ1n) is 4.41. The summed E-state index contributed by atoms with van der Waals surface area (Å²) in [5, 5.41) is 2.63. The van der Waals surface area contributed by atoms with Gasteiger partial charge in [0.05, 0.1) is 12.8 Å². The molecule has 1 unspecified atom stereocenters. The summed E-state index contributed by atoms with van der Waals surface area (Å²) < 4.78 is 5.19. The fraction of sp³-hybridized carbons (Fsp3) is 0.222. The van der Waals surface area contributed by atoms with Crippen molar-refractivity contribution in [2.24, 2.45) is 5.73 Å². The molecule has 5 nitrogen and oxygen atoms in total. The molecule has 80 valence electrons. The molecule has 0 spiro atoms. The topological polar surface area (TPSA) is 71.5 Å². The van der Waals surface area contributed by atoms with Gasteiger partial charge in [-0.05, 0) is 12.1 Å². The number of rotatable bonds is 2. The molecular formula is C9H11N3O2S. The predicted octanol–water partition coefficient (Wildman–Crippen LogP) is 0.225. The Balaban J connectivity index is 2.14. The average molecular weight is 225 g/mol. The molecule has 0 bridgehead atoms. The summed E-state index contributed by atoms with van der Waals surface area (Å²) in [6.45, 7) is 0.476. The lowest BCUT2D eigenvalue weighted by molar-refractivity contribution is -0.118. The summed E-state index contributed by atoms with van der Waals surface area (Å²) >= 11 is 4.22. The first kappa shape index (κ1) is 9.97. The molecule has 2 rings (SSSR count). The molecule has 0 saturated carbocycles. The molecule has 0 saturated heterocycles. The van der Waals surface area contributed by atoms with E-state index in [2.05, 4.69) is 17.9 Å². The van der Waals surface area contributed by atoms with Crippen LogP contribution >= 0.6 is 12.6 Å². The monoisotopic (exact) mass is 225 g/mol. The van der Waals surface area contributed by atoms with Gasteiger partial charge in [-0.1, -0.05) is 0 Å². The second-order valence-electron chi connectivity index (χ2n) is 3.16. The second kappa shape index (κ2) is 3.90. The molecule has 0 aromatic carbocycles. The Hall–Kier alpha value is -1.56. The lowest BCUT2D eigenvalue weighted by Gasteiger charge is -2.32. The lowest BCUT2D eigenvalue weighted by atomic mass is 10.3. The molecule has 0 radical (unpaired) electrons. The van der Waals surface area contributed by atoms with Crippen LogP contribution < -0.4 is 11.1 Å². The van der Waals surface area contributed by atoms with E-state index in [1.54, 1.807) is 17.2 Å². The van der Waals surface area contributed by atoms with E-state index in [9.17, 15) is 4.79 Å². The summed E-state index contributed by atoms with van der Waals surface area (Å²) in [4.78, 5) is 12.8. The van der Waals surface area contributed by atoms with E-state index in [0.717, 1.165) is 5.76 Å². The number of hydrogen-bond donors (Lipinski definition) is 3. The molecule has 15 heavy (non-hydrogen) atoms. The molecule has 3 N–H and O–H groups in total. The number of thiol groups is 1. The van der Waals surface area contributed by atoms with E-state index in [0.29, 0.717) is 12.4 Å². The van der Waals surface area contributed by atoms with Gasteiger partial charge in [-0.3, -0.25) is 4.79 Å². The molecular weight excluding hydrogens is 214 g/mol. The standard InChI is InChI=1S/C9H11N3O2S/c10-7-4-8(13)11-9(15)12(7)5-6-2-1-3-14-6/h1-4,9,15H,5,10H2,(H,11,13). The Bertz CT molecular complexity index is 388. The van der Waals surface area contributed by atoms with Gasteiger partial charge in [0.2, 0.25) is 5.91 Å². The smallest absolute Gasteiger partial charge is 0.249 e. The molecule has 1 amide bonds. The average Bonchev–Trinajstić information content (AvgIpc) is 2.63. The van der Waals surface area contributed by atoms with Crippen molar-refractivity contribution in [3.63, 3.8) is 0 Å². The number of hydrogen-bond acceptors (Lipinski definition) is 5. The zero-order valence-corrected chi connectivity index (χ0v) is 8.78. The summed E-state index contributed by atoms with van der Waals surface area (Å²) in [6, 6.07) is 3.63. The van der Waals surface area contributed by atoms with Gasteiger partial charge >= 0.3 is 0 Å².